The third-order valence-corrected chi connectivity index (χ3v) is 5.89. The molecule has 1 rings (SSSR count). The van der Waals surface area contributed by atoms with Gasteiger partial charge < -0.3 is 10.6 Å². The number of sulfonamides is 1. The molecule has 0 aromatic carbocycles. The Labute approximate surface area is 130 Å². The smallest absolute Gasteiger partial charge is 0.214 e. The van der Waals surface area contributed by atoms with Crippen molar-refractivity contribution in [3.05, 3.63) is 0 Å². The summed E-state index contributed by atoms with van der Waals surface area (Å²) in [5, 5.41) is 0. The van der Waals surface area contributed by atoms with Crippen LogP contribution in [0.2, 0.25) is 0 Å². The van der Waals surface area contributed by atoms with Gasteiger partial charge in [-0.15, -0.1) is 0 Å². The molecule has 126 valence electrons. The predicted molar refractivity (Wildman–Crippen MR) is 88.8 cm³/mol. The van der Waals surface area contributed by atoms with Crippen molar-refractivity contribution < 1.29 is 8.42 Å². The molecule has 2 N–H and O–H groups in total. The van der Waals surface area contributed by atoms with Crippen molar-refractivity contribution in [2.45, 2.75) is 46.5 Å². The lowest BCUT2D eigenvalue weighted by Gasteiger charge is -2.34. The lowest BCUT2D eigenvalue weighted by atomic mass is 9.94. The van der Waals surface area contributed by atoms with Gasteiger partial charge in [-0.05, 0) is 37.8 Å². The molecule has 0 bridgehead atoms. The Hall–Kier alpha value is -0.170. The largest absolute Gasteiger partial charge is 0.330 e. The van der Waals surface area contributed by atoms with Crippen LogP contribution in [0, 0.1) is 5.41 Å². The van der Waals surface area contributed by atoms with Crippen LogP contribution in [0.5, 0.6) is 0 Å². The molecule has 5 nitrogen and oxygen atoms in total. The standard InChI is InChI=1S/C15H33N3O2S/c1-15(2,3)7-14-21(19,20)18-12-10-17(11-13-18)9-6-4-5-8-16/h4-14,16H2,1-3H3. The minimum atomic E-state index is -3.08. The van der Waals surface area contributed by atoms with Crippen LogP contribution in [0.25, 0.3) is 0 Å². The van der Waals surface area contributed by atoms with Crippen LogP contribution in [0.15, 0.2) is 0 Å². The highest BCUT2D eigenvalue weighted by Crippen LogP contribution is 2.21. The third kappa shape index (κ3) is 7.58. The van der Waals surface area contributed by atoms with Crippen molar-refractivity contribution in [2.24, 2.45) is 11.1 Å². The van der Waals surface area contributed by atoms with Gasteiger partial charge in [0.25, 0.3) is 0 Å². The number of unbranched alkanes of at least 4 members (excludes halogenated alkanes) is 2. The molecule has 0 unspecified atom stereocenters. The van der Waals surface area contributed by atoms with E-state index in [1.165, 1.54) is 6.42 Å². The Bertz CT molecular complexity index is 382. The van der Waals surface area contributed by atoms with Gasteiger partial charge in [0.2, 0.25) is 10.0 Å². The molecule has 0 radical (unpaired) electrons. The summed E-state index contributed by atoms with van der Waals surface area (Å²) in [5.41, 5.74) is 5.55. The predicted octanol–water partition coefficient (Wildman–Crippen LogP) is 1.50. The Kier molecular flexibility index (Phi) is 7.60. The monoisotopic (exact) mass is 319 g/mol. The van der Waals surface area contributed by atoms with Crippen molar-refractivity contribution in [1.29, 1.82) is 0 Å². The molecule has 0 saturated carbocycles. The van der Waals surface area contributed by atoms with Gasteiger partial charge in [-0.25, -0.2) is 8.42 Å². The summed E-state index contributed by atoms with van der Waals surface area (Å²) >= 11 is 0. The maximum Gasteiger partial charge on any atom is 0.214 e. The van der Waals surface area contributed by atoms with Crippen molar-refractivity contribution in [1.82, 2.24) is 9.21 Å². The third-order valence-electron chi connectivity index (χ3n) is 4.01. The fourth-order valence-electron chi connectivity index (χ4n) is 2.45. The Balaban J connectivity index is 2.31. The van der Waals surface area contributed by atoms with Crippen LogP contribution in [-0.2, 0) is 10.0 Å². The number of nitrogens with zero attached hydrogens (tertiary/aromatic N) is 2. The molecule has 6 heteroatoms. The first-order chi connectivity index (χ1) is 9.74. The average Bonchev–Trinajstić information content (AvgIpc) is 2.41. The normalized spacial score (nSPS) is 19.0. The van der Waals surface area contributed by atoms with Gasteiger partial charge in [0, 0.05) is 26.2 Å². The van der Waals surface area contributed by atoms with Crippen LogP contribution in [0.4, 0.5) is 0 Å². The summed E-state index contributed by atoms with van der Waals surface area (Å²) in [6.45, 7) is 11.1. The molecule has 0 aliphatic carbocycles. The zero-order chi connectivity index (χ0) is 15.9. The van der Waals surface area contributed by atoms with Crippen molar-refractivity contribution >= 4 is 10.0 Å². The van der Waals surface area contributed by atoms with Gasteiger partial charge in [-0.1, -0.05) is 27.2 Å². The molecule has 0 aromatic heterocycles. The fraction of sp³-hybridized carbons (Fsp3) is 1.00. The summed E-state index contributed by atoms with van der Waals surface area (Å²) in [6, 6.07) is 0. The summed E-state index contributed by atoms with van der Waals surface area (Å²) in [6.07, 6.45) is 4.13. The molecule has 21 heavy (non-hydrogen) atoms. The summed E-state index contributed by atoms with van der Waals surface area (Å²) < 4.78 is 26.3. The lowest BCUT2D eigenvalue weighted by Crippen LogP contribution is -2.49. The zero-order valence-electron chi connectivity index (χ0n) is 14.0. The number of hydrogen-bond donors (Lipinski definition) is 1. The first-order valence-electron chi connectivity index (χ1n) is 8.15. The first kappa shape index (κ1) is 18.9. The molecule has 1 aliphatic rings. The minimum absolute atomic E-state index is 0.0673. The van der Waals surface area contributed by atoms with E-state index >= 15 is 0 Å². The molecule has 0 aromatic rings. The van der Waals surface area contributed by atoms with E-state index in [0.717, 1.165) is 39.0 Å². The first-order valence-corrected chi connectivity index (χ1v) is 9.76. The molecule has 0 amide bonds. The fourth-order valence-corrected chi connectivity index (χ4v) is 4.30. The van der Waals surface area contributed by atoms with Crippen LogP contribution in [-0.4, -0.2) is 62.6 Å². The molecule has 0 atom stereocenters. The second-order valence-electron chi connectivity index (χ2n) is 7.22. The van der Waals surface area contributed by atoms with E-state index in [-0.39, 0.29) is 11.2 Å². The molecule has 1 aliphatic heterocycles. The number of hydrogen-bond acceptors (Lipinski definition) is 4. The van der Waals surface area contributed by atoms with Crippen LogP contribution < -0.4 is 5.73 Å². The van der Waals surface area contributed by atoms with Gasteiger partial charge in [-0.3, -0.25) is 0 Å². The Morgan fingerprint density at radius 2 is 1.62 bits per heavy atom. The SMILES string of the molecule is CC(C)(C)CCS(=O)(=O)N1CCN(CCCCCN)CC1. The van der Waals surface area contributed by atoms with E-state index in [0.29, 0.717) is 19.5 Å². The lowest BCUT2D eigenvalue weighted by molar-refractivity contribution is 0.185. The van der Waals surface area contributed by atoms with Crippen LogP contribution in [0.3, 0.4) is 0 Å². The second kappa shape index (κ2) is 8.46. The van der Waals surface area contributed by atoms with Gasteiger partial charge in [0.1, 0.15) is 0 Å². The van der Waals surface area contributed by atoms with Crippen molar-refractivity contribution in [2.75, 3.05) is 45.0 Å². The zero-order valence-corrected chi connectivity index (χ0v) is 14.8. The topological polar surface area (TPSA) is 66.6 Å². The van der Waals surface area contributed by atoms with Gasteiger partial charge in [0.15, 0.2) is 0 Å². The molecular formula is C15H33N3O2S. The Morgan fingerprint density at radius 1 is 1.00 bits per heavy atom. The Morgan fingerprint density at radius 3 is 2.14 bits per heavy atom. The van der Waals surface area contributed by atoms with E-state index in [1.807, 2.05) is 0 Å². The van der Waals surface area contributed by atoms with Crippen molar-refractivity contribution in [3.8, 4) is 0 Å². The molecular weight excluding hydrogens is 286 g/mol. The van der Waals surface area contributed by atoms with Crippen LogP contribution >= 0.6 is 0 Å². The van der Waals surface area contributed by atoms with Gasteiger partial charge >= 0.3 is 0 Å². The maximum absolute atomic E-state index is 12.3. The average molecular weight is 320 g/mol. The molecule has 0 spiro atoms. The quantitative estimate of drug-likeness (QED) is 0.689. The van der Waals surface area contributed by atoms with Crippen molar-refractivity contribution in [3.63, 3.8) is 0 Å². The second-order valence-corrected chi connectivity index (χ2v) is 9.31. The van der Waals surface area contributed by atoms with E-state index in [1.54, 1.807) is 4.31 Å². The summed E-state index contributed by atoms with van der Waals surface area (Å²) in [7, 11) is -3.08. The van der Waals surface area contributed by atoms with Gasteiger partial charge in [-0.2, -0.15) is 4.31 Å². The number of nitrogens with two attached hydrogens (primary N) is 1. The highest BCUT2D eigenvalue weighted by molar-refractivity contribution is 7.89. The molecule has 1 saturated heterocycles. The minimum Gasteiger partial charge on any atom is -0.330 e. The van der Waals surface area contributed by atoms with Crippen LogP contribution in [0.1, 0.15) is 46.5 Å². The summed E-state index contributed by atoms with van der Waals surface area (Å²) in [4.78, 5) is 2.37. The van der Waals surface area contributed by atoms with E-state index in [9.17, 15) is 8.42 Å². The number of piperazine rings is 1. The molecule has 1 heterocycles. The highest BCUT2D eigenvalue weighted by atomic mass is 32.2. The maximum atomic E-state index is 12.3. The van der Waals surface area contributed by atoms with E-state index in [2.05, 4.69) is 25.7 Å². The molecule has 1 fully saturated rings. The highest BCUT2D eigenvalue weighted by Gasteiger charge is 2.27. The number of rotatable bonds is 8. The van der Waals surface area contributed by atoms with E-state index in [4.69, 9.17) is 5.73 Å². The van der Waals surface area contributed by atoms with Gasteiger partial charge in [0.05, 0.1) is 5.75 Å². The van der Waals surface area contributed by atoms with E-state index < -0.39 is 10.0 Å². The summed E-state index contributed by atoms with van der Waals surface area (Å²) in [5.74, 6) is 0.271.